The van der Waals surface area contributed by atoms with Crippen molar-refractivity contribution in [2.45, 2.75) is 40.0 Å². The number of hydrogen-bond donors (Lipinski definition) is 0. The van der Waals surface area contributed by atoms with Crippen LogP contribution in [0.15, 0.2) is 11.6 Å². The molecule has 2 nitrogen and oxygen atoms in total. The summed E-state index contributed by atoms with van der Waals surface area (Å²) >= 11 is 0. The fourth-order valence-corrected chi connectivity index (χ4v) is 2.15. The number of hydrogen-bond acceptors (Lipinski definition) is 1. The van der Waals surface area contributed by atoms with Crippen molar-refractivity contribution >= 4 is 5.91 Å². The minimum Gasteiger partial charge on any atom is -0.339 e. The number of amides is 1. The minimum absolute atomic E-state index is 0.199. The van der Waals surface area contributed by atoms with Crippen LogP contribution in [0.1, 0.15) is 40.0 Å². The molecule has 0 saturated carbocycles. The molecule has 2 heteroatoms. The van der Waals surface area contributed by atoms with Gasteiger partial charge in [0.2, 0.25) is 5.91 Å². The number of carbonyl (C=O) groups excluding carboxylic acids is 1. The lowest BCUT2D eigenvalue weighted by molar-refractivity contribution is -0.128. The van der Waals surface area contributed by atoms with E-state index in [0.717, 1.165) is 25.4 Å². The van der Waals surface area contributed by atoms with Gasteiger partial charge in [0.15, 0.2) is 0 Å². The monoisotopic (exact) mass is 195 g/mol. The summed E-state index contributed by atoms with van der Waals surface area (Å²) in [6.07, 6.45) is 5.78. The maximum Gasteiger partial charge on any atom is 0.219 e. The number of carbonyl (C=O) groups is 1. The van der Waals surface area contributed by atoms with E-state index in [0.29, 0.717) is 0 Å². The Balaban J connectivity index is 2.55. The molecule has 0 fully saturated rings. The van der Waals surface area contributed by atoms with Gasteiger partial charge in [0.05, 0.1) is 0 Å². The summed E-state index contributed by atoms with van der Waals surface area (Å²) in [5.74, 6) is 0.939. The third-order valence-corrected chi connectivity index (χ3v) is 3.20. The van der Waals surface area contributed by atoms with Gasteiger partial charge in [-0.2, -0.15) is 0 Å². The van der Waals surface area contributed by atoms with Crippen molar-refractivity contribution in [3.05, 3.63) is 11.6 Å². The Morgan fingerprint density at radius 1 is 1.50 bits per heavy atom. The molecule has 1 amide bonds. The molecule has 0 aromatic rings. The van der Waals surface area contributed by atoms with Crippen LogP contribution in [-0.2, 0) is 4.79 Å². The molecule has 0 aromatic carbocycles. The highest BCUT2D eigenvalue weighted by atomic mass is 16.2. The van der Waals surface area contributed by atoms with Crippen LogP contribution in [0.25, 0.3) is 0 Å². The molecular weight excluding hydrogens is 174 g/mol. The second kappa shape index (κ2) is 5.18. The van der Waals surface area contributed by atoms with Gasteiger partial charge in [-0.3, -0.25) is 4.79 Å². The van der Waals surface area contributed by atoms with Crippen molar-refractivity contribution in [3.63, 3.8) is 0 Å². The van der Waals surface area contributed by atoms with E-state index in [-0.39, 0.29) is 5.91 Å². The summed E-state index contributed by atoms with van der Waals surface area (Å²) in [5.41, 5.74) is 1.56. The summed E-state index contributed by atoms with van der Waals surface area (Å²) in [7, 11) is 0. The van der Waals surface area contributed by atoms with Crippen LogP contribution in [0.4, 0.5) is 0 Å². The van der Waals surface area contributed by atoms with Gasteiger partial charge in [0, 0.05) is 20.0 Å². The van der Waals surface area contributed by atoms with E-state index in [2.05, 4.69) is 19.9 Å². The maximum atomic E-state index is 11.1. The highest BCUT2D eigenvalue weighted by Crippen LogP contribution is 2.24. The Bertz CT molecular complexity index is 228. The van der Waals surface area contributed by atoms with E-state index in [1.165, 1.54) is 12.8 Å². The van der Waals surface area contributed by atoms with Gasteiger partial charge in [-0.1, -0.05) is 25.5 Å². The average molecular weight is 195 g/mol. The second-order valence-corrected chi connectivity index (χ2v) is 4.01. The first kappa shape index (κ1) is 11.3. The van der Waals surface area contributed by atoms with Gasteiger partial charge in [-0.05, 0) is 25.2 Å². The van der Waals surface area contributed by atoms with Gasteiger partial charge in [-0.25, -0.2) is 0 Å². The molecule has 0 atom stereocenters. The molecular formula is C12H21NO. The molecule has 80 valence electrons. The first-order valence-corrected chi connectivity index (χ1v) is 5.63. The SMILES string of the molecule is CCC(CC)C1=CCN(C(C)=O)CC1. The van der Waals surface area contributed by atoms with Crippen molar-refractivity contribution in [2.24, 2.45) is 5.92 Å². The van der Waals surface area contributed by atoms with Crippen LogP contribution < -0.4 is 0 Å². The van der Waals surface area contributed by atoms with E-state index >= 15 is 0 Å². The standard InChI is InChI=1S/C12H21NO/c1-4-11(5-2)12-6-8-13(9-7-12)10(3)14/h6,11H,4-5,7-9H2,1-3H3. The van der Waals surface area contributed by atoms with Crippen molar-refractivity contribution in [2.75, 3.05) is 13.1 Å². The van der Waals surface area contributed by atoms with Crippen LogP contribution in [0, 0.1) is 5.92 Å². The normalized spacial score (nSPS) is 17.1. The van der Waals surface area contributed by atoms with E-state index in [4.69, 9.17) is 0 Å². The molecule has 1 rings (SSSR count). The molecule has 0 N–H and O–H groups in total. The Labute approximate surface area is 87.0 Å². The van der Waals surface area contributed by atoms with E-state index in [9.17, 15) is 4.79 Å². The molecule has 0 aliphatic carbocycles. The molecule has 0 bridgehead atoms. The molecule has 0 radical (unpaired) electrons. The smallest absolute Gasteiger partial charge is 0.219 e. The molecule has 1 aliphatic heterocycles. The largest absolute Gasteiger partial charge is 0.339 e. The average Bonchev–Trinajstić information content (AvgIpc) is 2.20. The third kappa shape index (κ3) is 2.60. The molecule has 1 heterocycles. The van der Waals surface area contributed by atoms with Crippen molar-refractivity contribution in [1.29, 1.82) is 0 Å². The summed E-state index contributed by atoms with van der Waals surface area (Å²) in [6, 6.07) is 0. The Hall–Kier alpha value is -0.790. The minimum atomic E-state index is 0.199. The Kier molecular flexibility index (Phi) is 4.18. The first-order valence-electron chi connectivity index (χ1n) is 5.63. The molecule has 14 heavy (non-hydrogen) atoms. The predicted octanol–water partition coefficient (Wildman–Crippen LogP) is 2.60. The number of rotatable bonds is 3. The molecule has 0 saturated heterocycles. The number of nitrogens with zero attached hydrogens (tertiary/aromatic N) is 1. The van der Waals surface area contributed by atoms with Gasteiger partial charge in [0.1, 0.15) is 0 Å². The summed E-state index contributed by atoms with van der Waals surface area (Å²) in [4.78, 5) is 13.0. The molecule has 1 aliphatic rings. The van der Waals surface area contributed by atoms with Crippen LogP contribution in [0.3, 0.4) is 0 Å². The quantitative estimate of drug-likeness (QED) is 0.634. The zero-order valence-electron chi connectivity index (χ0n) is 9.55. The molecule has 0 spiro atoms. The summed E-state index contributed by atoms with van der Waals surface area (Å²) < 4.78 is 0. The van der Waals surface area contributed by atoms with Crippen LogP contribution in [0.5, 0.6) is 0 Å². The Morgan fingerprint density at radius 3 is 2.50 bits per heavy atom. The van der Waals surface area contributed by atoms with Crippen LogP contribution in [-0.4, -0.2) is 23.9 Å². The maximum absolute atomic E-state index is 11.1. The molecule has 0 aromatic heterocycles. The Morgan fingerprint density at radius 2 is 2.14 bits per heavy atom. The highest BCUT2D eigenvalue weighted by Gasteiger charge is 2.17. The third-order valence-electron chi connectivity index (χ3n) is 3.20. The van der Waals surface area contributed by atoms with Crippen molar-refractivity contribution in [1.82, 2.24) is 4.90 Å². The second-order valence-electron chi connectivity index (χ2n) is 4.01. The van der Waals surface area contributed by atoms with Gasteiger partial charge in [-0.15, -0.1) is 0 Å². The fourth-order valence-electron chi connectivity index (χ4n) is 2.15. The molecule has 0 unspecified atom stereocenters. The fraction of sp³-hybridized carbons (Fsp3) is 0.750. The van der Waals surface area contributed by atoms with E-state index in [1.807, 2.05) is 4.90 Å². The van der Waals surface area contributed by atoms with Crippen molar-refractivity contribution < 1.29 is 4.79 Å². The van der Waals surface area contributed by atoms with Gasteiger partial charge in [0.25, 0.3) is 0 Å². The van der Waals surface area contributed by atoms with E-state index < -0.39 is 0 Å². The lowest BCUT2D eigenvalue weighted by Gasteiger charge is -2.28. The lowest BCUT2D eigenvalue weighted by Crippen LogP contribution is -2.33. The van der Waals surface area contributed by atoms with Crippen LogP contribution >= 0.6 is 0 Å². The topological polar surface area (TPSA) is 20.3 Å². The van der Waals surface area contributed by atoms with Gasteiger partial charge >= 0.3 is 0 Å². The van der Waals surface area contributed by atoms with Gasteiger partial charge < -0.3 is 4.90 Å². The zero-order valence-corrected chi connectivity index (χ0v) is 9.55. The zero-order chi connectivity index (χ0) is 10.6. The first-order chi connectivity index (χ1) is 6.69. The lowest BCUT2D eigenvalue weighted by atomic mass is 9.89. The van der Waals surface area contributed by atoms with Crippen LogP contribution in [0.2, 0.25) is 0 Å². The summed E-state index contributed by atoms with van der Waals surface area (Å²) in [5, 5.41) is 0. The highest BCUT2D eigenvalue weighted by molar-refractivity contribution is 5.73. The predicted molar refractivity (Wildman–Crippen MR) is 59.0 cm³/mol. The summed E-state index contributed by atoms with van der Waals surface area (Å²) in [6.45, 7) is 7.87. The van der Waals surface area contributed by atoms with Crippen molar-refractivity contribution in [3.8, 4) is 0 Å². The van der Waals surface area contributed by atoms with E-state index in [1.54, 1.807) is 12.5 Å².